The summed E-state index contributed by atoms with van der Waals surface area (Å²) in [7, 11) is 0. The lowest BCUT2D eigenvalue weighted by atomic mass is 9.86. The average Bonchev–Trinajstić information content (AvgIpc) is 2.43. The van der Waals surface area contributed by atoms with E-state index in [1.54, 1.807) is 0 Å². The number of hydrogen-bond acceptors (Lipinski definition) is 2. The highest BCUT2D eigenvalue weighted by Crippen LogP contribution is 2.30. The maximum Gasteiger partial charge on any atom is 0.123 e. The van der Waals surface area contributed by atoms with Gasteiger partial charge in [0.05, 0.1) is 0 Å². The van der Waals surface area contributed by atoms with Gasteiger partial charge in [0.1, 0.15) is 12.4 Å². The van der Waals surface area contributed by atoms with E-state index < -0.39 is 0 Å². The fraction of sp³-hybridized carbons (Fsp3) is 0.368. The van der Waals surface area contributed by atoms with Crippen LogP contribution in [0.2, 0.25) is 0 Å². The van der Waals surface area contributed by atoms with Gasteiger partial charge in [-0.1, -0.05) is 51.1 Å². The molecule has 2 rings (SSSR count). The maximum absolute atomic E-state index is 5.95. The summed E-state index contributed by atoms with van der Waals surface area (Å²) in [6, 6.07) is 16.7. The molecule has 1 N–H and O–H groups in total. The van der Waals surface area contributed by atoms with E-state index >= 15 is 0 Å². The number of hydrogen-bond donors (Lipinski definition) is 1. The van der Waals surface area contributed by atoms with Crippen LogP contribution in [-0.2, 0) is 5.41 Å². The SMILES string of the molecule is Cc1cccc(NCCOc2ccccc2C(C)(C)C)c1. The van der Waals surface area contributed by atoms with Gasteiger partial charge < -0.3 is 10.1 Å². The highest BCUT2D eigenvalue weighted by Gasteiger charge is 2.18. The summed E-state index contributed by atoms with van der Waals surface area (Å²) in [5.41, 5.74) is 3.75. The molecule has 0 radical (unpaired) electrons. The van der Waals surface area contributed by atoms with E-state index in [0.717, 1.165) is 18.0 Å². The molecule has 0 saturated carbocycles. The predicted molar refractivity (Wildman–Crippen MR) is 90.3 cm³/mol. The van der Waals surface area contributed by atoms with E-state index in [-0.39, 0.29) is 5.41 Å². The molecule has 0 aliphatic heterocycles. The first kappa shape index (κ1) is 15.4. The quantitative estimate of drug-likeness (QED) is 0.797. The summed E-state index contributed by atoms with van der Waals surface area (Å²) < 4.78 is 5.95. The van der Waals surface area contributed by atoms with Crippen molar-refractivity contribution in [3.63, 3.8) is 0 Å². The summed E-state index contributed by atoms with van der Waals surface area (Å²) in [5, 5.41) is 3.39. The Morgan fingerprint density at radius 3 is 2.48 bits per heavy atom. The number of anilines is 1. The van der Waals surface area contributed by atoms with Crippen LogP contribution in [-0.4, -0.2) is 13.2 Å². The molecule has 0 aliphatic carbocycles. The van der Waals surface area contributed by atoms with Crippen molar-refractivity contribution in [2.75, 3.05) is 18.5 Å². The number of ether oxygens (including phenoxy) is 1. The molecule has 2 aromatic carbocycles. The van der Waals surface area contributed by atoms with Gasteiger partial charge in [0, 0.05) is 12.2 Å². The lowest BCUT2D eigenvalue weighted by molar-refractivity contribution is 0.323. The Hall–Kier alpha value is -1.96. The molecule has 0 fully saturated rings. The van der Waals surface area contributed by atoms with Crippen LogP contribution >= 0.6 is 0 Å². The third kappa shape index (κ3) is 4.52. The normalized spacial score (nSPS) is 11.2. The molecule has 21 heavy (non-hydrogen) atoms. The Kier molecular flexibility index (Phi) is 4.89. The minimum absolute atomic E-state index is 0.0978. The fourth-order valence-corrected chi connectivity index (χ4v) is 2.32. The van der Waals surface area contributed by atoms with Crippen LogP contribution in [0.1, 0.15) is 31.9 Å². The van der Waals surface area contributed by atoms with Crippen molar-refractivity contribution in [3.8, 4) is 5.75 Å². The Balaban J connectivity index is 1.90. The zero-order chi connectivity index (χ0) is 15.3. The molecule has 2 heteroatoms. The van der Waals surface area contributed by atoms with Crippen LogP contribution in [0.15, 0.2) is 48.5 Å². The van der Waals surface area contributed by atoms with Gasteiger partial charge in [-0.05, 0) is 41.7 Å². The summed E-state index contributed by atoms with van der Waals surface area (Å²) >= 11 is 0. The van der Waals surface area contributed by atoms with E-state index in [9.17, 15) is 0 Å². The molecule has 0 aliphatic rings. The van der Waals surface area contributed by atoms with Crippen LogP contribution < -0.4 is 10.1 Å². The molecule has 0 aromatic heterocycles. The van der Waals surface area contributed by atoms with Gasteiger partial charge in [-0.3, -0.25) is 0 Å². The predicted octanol–water partition coefficient (Wildman–Crippen LogP) is 4.78. The van der Waals surface area contributed by atoms with Crippen molar-refractivity contribution in [3.05, 3.63) is 59.7 Å². The van der Waals surface area contributed by atoms with Crippen LogP contribution in [0.5, 0.6) is 5.75 Å². The van der Waals surface area contributed by atoms with Gasteiger partial charge in [-0.2, -0.15) is 0 Å². The molecule has 0 unspecified atom stereocenters. The fourth-order valence-electron chi connectivity index (χ4n) is 2.32. The Morgan fingerprint density at radius 1 is 1.00 bits per heavy atom. The van der Waals surface area contributed by atoms with Gasteiger partial charge in [0.25, 0.3) is 0 Å². The first-order chi connectivity index (χ1) is 9.97. The first-order valence-electron chi connectivity index (χ1n) is 7.50. The van der Waals surface area contributed by atoms with Crippen LogP contribution in [0.4, 0.5) is 5.69 Å². The standard InChI is InChI=1S/C19H25NO/c1-15-8-7-9-16(14-15)20-12-13-21-18-11-6-5-10-17(18)19(2,3)4/h5-11,14,20H,12-13H2,1-4H3. The molecule has 2 nitrogen and oxygen atoms in total. The van der Waals surface area contributed by atoms with Crippen molar-refractivity contribution < 1.29 is 4.74 Å². The highest BCUT2D eigenvalue weighted by molar-refractivity contribution is 5.45. The van der Waals surface area contributed by atoms with Crippen LogP contribution in [0, 0.1) is 6.92 Å². The zero-order valence-electron chi connectivity index (χ0n) is 13.4. The van der Waals surface area contributed by atoms with E-state index in [2.05, 4.69) is 69.4 Å². The Bertz CT molecular complexity index is 584. The Labute approximate surface area is 128 Å². The largest absolute Gasteiger partial charge is 0.491 e. The highest BCUT2D eigenvalue weighted by atomic mass is 16.5. The first-order valence-corrected chi connectivity index (χ1v) is 7.50. The lowest BCUT2D eigenvalue weighted by Gasteiger charge is -2.22. The second kappa shape index (κ2) is 6.66. The van der Waals surface area contributed by atoms with Crippen molar-refractivity contribution in [1.29, 1.82) is 0 Å². The molecule has 0 saturated heterocycles. The van der Waals surface area contributed by atoms with Crippen molar-refractivity contribution in [2.45, 2.75) is 33.1 Å². The number of rotatable bonds is 5. The van der Waals surface area contributed by atoms with Gasteiger partial charge in [-0.15, -0.1) is 0 Å². The summed E-state index contributed by atoms with van der Waals surface area (Å²) in [6.07, 6.45) is 0. The zero-order valence-corrected chi connectivity index (χ0v) is 13.4. The Morgan fingerprint density at radius 2 is 1.76 bits per heavy atom. The smallest absolute Gasteiger partial charge is 0.123 e. The minimum atomic E-state index is 0.0978. The van der Waals surface area contributed by atoms with Gasteiger partial charge in [-0.25, -0.2) is 0 Å². The van der Waals surface area contributed by atoms with E-state index in [1.807, 2.05) is 12.1 Å². The molecule has 0 amide bonds. The summed E-state index contributed by atoms with van der Waals surface area (Å²) in [5.74, 6) is 0.982. The minimum Gasteiger partial charge on any atom is -0.491 e. The molecule has 0 bridgehead atoms. The van der Waals surface area contributed by atoms with E-state index in [0.29, 0.717) is 6.61 Å². The molecular formula is C19H25NO. The molecular weight excluding hydrogens is 258 g/mol. The van der Waals surface area contributed by atoms with Gasteiger partial charge in [0.15, 0.2) is 0 Å². The monoisotopic (exact) mass is 283 g/mol. The van der Waals surface area contributed by atoms with Crippen molar-refractivity contribution in [1.82, 2.24) is 0 Å². The number of para-hydroxylation sites is 1. The maximum atomic E-state index is 5.95. The lowest BCUT2D eigenvalue weighted by Crippen LogP contribution is -2.16. The van der Waals surface area contributed by atoms with E-state index in [1.165, 1.54) is 11.1 Å². The number of nitrogens with one attached hydrogen (secondary N) is 1. The number of aryl methyl sites for hydroxylation is 1. The molecule has 0 atom stereocenters. The molecule has 0 spiro atoms. The third-order valence-electron chi connectivity index (χ3n) is 3.40. The number of benzene rings is 2. The second-order valence-corrected chi connectivity index (χ2v) is 6.39. The van der Waals surface area contributed by atoms with E-state index in [4.69, 9.17) is 4.74 Å². The summed E-state index contributed by atoms with van der Waals surface area (Å²) in [6.45, 7) is 10.2. The van der Waals surface area contributed by atoms with Crippen molar-refractivity contribution >= 4 is 5.69 Å². The second-order valence-electron chi connectivity index (χ2n) is 6.39. The topological polar surface area (TPSA) is 21.3 Å². The van der Waals surface area contributed by atoms with Gasteiger partial charge in [0.2, 0.25) is 0 Å². The third-order valence-corrected chi connectivity index (χ3v) is 3.40. The van der Waals surface area contributed by atoms with Crippen LogP contribution in [0.25, 0.3) is 0 Å². The summed E-state index contributed by atoms with van der Waals surface area (Å²) in [4.78, 5) is 0. The van der Waals surface area contributed by atoms with Crippen LogP contribution in [0.3, 0.4) is 0 Å². The average molecular weight is 283 g/mol. The van der Waals surface area contributed by atoms with Gasteiger partial charge >= 0.3 is 0 Å². The molecule has 2 aromatic rings. The molecule has 0 heterocycles. The van der Waals surface area contributed by atoms with Crippen molar-refractivity contribution in [2.24, 2.45) is 0 Å². The molecule has 112 valence electrons.